The molecule has 0 amide bonds. The number of benzene rings is 2. The third kappa shape index (κ3) is 3.94. The van der Waals surface area contributed by atoms with Gasteiger partial charge >= 0.3 is 5.13 Å². The van der Waals surface area contributed by atoms with Gasteiger partial charge in [0.1, 0.15) is 23.7 Å². The summed E-state index contributed by atoms with van der Waals surface area (Å²) in [4.78, 5) is 1.26. The van der Waals surface area contributed by atoms with Crippen LogP contribution in [0.4, 0.5) is 10.8 Å². The molecule has 0 spiro atoms. The number of nitrogens with zero attached hydrogens (tertiary/aromatic N) is 1. The summed E-state index contributed by atoms with van der Waals surface area (Å²) >= 11 is 5.22. The summed E-state index contributed by atoms with van der Waals surface area (Å²) in [6.45, 7) is 6.81. The van der Waals surface area contributed by atoms with Gasteiger partial charge in [0.15, 0.2) is 0 Å². The summed E-state index contributed by atoms with van der Waals surface area (Å²) in [5.74, 6) is 0.861. The van der Waals surface area contributed by atoms with Crippen LogP contribution in [0.1, 0.15) is 4.88 Å². The van der Waals surface area contributed by atoms with Crippen molar-refractivity contribution in [3.8, 4) is 17.0 Å². The smallest absolute Gasteiger partial charge is 0.339 e. The number of hydrogen-bond donors (Lipinski definition) is 1. The van der Waals surface area contributed by atoms with E-state index < -0.39 is 0 Å². The fraction of sp³-hybridized carbons (Fsp3) is 0.150. The molecule has 3 nitrogen and oxygen atoms in total. The zero-order valence-electron chi connectivity index (χ0n) is 14.3. The molecule has 0 unspecified atom stereocenters. The molecule has 0 aliphatic rings. The Hall–Kier alpha value is -2.11. The molecule has 0 atom stereocenters. The van der Waals surface area contributed by atoms with E-state index in [0.717, 1.165) is 27.6 Å². The molecular formula is C20H20BrN2OS+. The SMILES string of the molecule is C=CC[n+]1c(Nc2ccc(Br)cc2)sc(C)c1-c1ccc(OC)cc1. The van der Waals surface area contributed by atoms with E-state index in [4.69, 9.17) is 4.74 Å². The van der Waals surface area contributed by atoms with Crippen molar-refractivity contribution in [1.29, 1.82) is 0 Å². The number of aryl methyl sites for hydroxylation is 1. The lowest BCUT2D eigenvalue weighted by molar-refractivity contribution is -0.657. The van der Waals surface area contributed by atoms with Gasteiger partial charge in [-0.2, -0.15) is 0 Å². The summed E-state index contributed by atoms with van der Waals surface area (Å²) in [5.41, 5.74) is 3.43. The average molecular weight is 416 g/mol. The Morgan fingerprint density at radius 2 is 1.84 bits per heavy atom. The van der Waals surface area contributed by atoms with Crippen LogP contribution >= 0.6 is 27.3 Å². The summed E-state index contributed by atoms with van der Waals surface area (Å²) < 4.78 is 8.60. The first-order chi connectivity index (χ1) is 12.1. The van der Waals surface area contributed by atoms with E-state index >= 15 is 0 Å². The molecule has 0 fully saturated rings. The van der Waals surface area contributed by atoms with Crippen LogP contribution in [-0.2, 0) is 6.54 Å². The van der Waals surface area contributed by atoms with Gasteiger partial charge in [0.25, 0.3) is 0 Å². The van der Waals surface area contributed by atoms with Gasteiger partial charge in [-0.1, -0.05) is 39.9 Å². The molecule has 0 radical (unpaired) electrons. The van der Waals surface area contributed by atoms with Crippen LogP contribution in [0.3, 0.4) is 0 Å². The van der Waals surface area contributed by atoms with Crippen LogP contribution in [-0.4, -0.2) is 7.11 Å². The van der Waals surface area contributed by atoms with Gasteiger partial charge in [-0.3, -0.25) is 0 Å². The molecule has 0 saturated carbocycles. The standard InChI is InChI=1S/C20H19BrN2OS/c1-4-13-23-19(15-5-11-18(24-3)12-6-15)14(2)25-20(23)22-17-9-7-16(21)8-10-17/h4-12H,1,13H2,2-3H3/p+1. The fourth-order valence-corrected chi connectivity index (χ4v) is 4.02. The minimum Gasteiger partial charge on any atom is -0.497 e. The lowest BCUT2D eigenvalue weighted by Gasteiger charge is -2.06. The molecule has 0 bridgehead atoms. The van der Waals surface area contributed by atoms with Crippen LogP contribution in [0.2, 0.25) is 0 Å². The highest BCUT2D eigenvalue weighted by atomic mass is 79.9. The van der Waals surface area contributed by atoms with Crippen LogP contribution in [0.25, 0.3) is 11.3 Å². The highest BCUT2D eigenvalue weighted by Gasteiger charge is 2.22. The Bertz CT molecular complexity index is 870. The monoisotopic (exact) mass is 415 g/mol. The Morgan fingerprint density at radius 1 is 1.16 bits per heavy atom. The largest absolute Gasteiger partial charge is 0.497 e. The predicted octanol–water partition coefficient (Wildman–Crippen LogP) is 5.71. The van der Waals surface area contributed by atoms with Crippen molar-refractivity contribution in [1.82, 2.24) is 0 Å². The zero-order chi connectivity index (χ0) is 17.8. The molecular weight excluding hydrogens is 396 g/mol. The number of aromatic nitrogens is 1. The van der Waals surface area contributed by atoms with Gasteiger partial charge in [-0.05, 0) is 55.5 Å². The van der Waals surface area contributed by atoms with E-state index in [-0.39, 0.29) is 0 Å². The van der Waals surface area contributed by atoms with E-state index in [1.807, 2.05) is 30.3 Å². The number of rotatable bonds is 6. The summed E-state index contributed by atoms with van der Waals surface area (Å²) in [6, 6.07) is 16.4. The van der Waals surface area contributed by atoms with Gasteiger partial charge < -0.3 is 4.74 Å². The van der Waals surface area contributed by atoms with Crippen molar-refractivity contribution in [3.63, 3.8) is 0 Å². The van der Waals surface area contributed by atoms with Crippen molar-refractivity contribution in [2.24, 2.45) is 0 Å². The Labute approximate surface area is 160 Å². The first-order valence-electron chi connectivity index (χ1n) is 7.93. The molecule has 128 valence electrons. The maximum Gasteiger partial charge on any atom is 0.339 e. The second-order valence-corrected chi connectivity index (χ2v) is 7.69. The molecule has 5 heteroatoms. The molecule has 2 aromatic carbocycles. The Balaban J connectivity index is 2.01. The van der Waals surface area contributed by atoms with Crippen molar-refractivity contribution >= 4 is 38.1 Å². The topological polar surface area (TPSA) is 25.1 Å². The van der Waals surface area contributed by atoms with Crippen molar-refractivity contribution in [2.45, 2.75) is 13.5 Å². The zero-order valence-corrected chi connectivity index (χ0v) is 16.7. The van der Waals surface area contributed by atoms with Gasteiger partial charge in [-0.15, -0.1) is 0 Å². The first kappa shape index (κ1) is 17.7. The van der Waals surface area contributed by atoms with Crippen LogP contribution in [0, 0.1) is 6.92 Å². The van der Waals surface area contributed by atoms with Gasteiger partial charge in [0.05, 0.1) is 12.0 Å². The Kier molecular flexibility index (Phi) is 5.56. The highest BCUT2D eigenvalue weighted by molar-refractivity contribution is 9.10. The number of methoxy groups -OCH3 is 1. The Morgan fingerprint density at radius 3 is 2.44 bits per heavy atom. The third-order valence-corrected chi connectivity index (χ3v) is 5.41. The second-order valence-electron chi connectivity index (χ2n) is 5.57. The first-order valence-corrected chi connectivity index (χ1v) is 9.54. The molecule has 1 heterocycles. The minimum absolute atomic E-state index is 0.741. The second kappa shape index (κ2) is 7.85. The predicted molar refractivity (Wildman–Crippen MR) is 109 cm³/mol. The lowest BCUT2D eigenvalue weighted by Crippen LogP contribution is -2.35. The number of hydrogen-bond acceptors (Lipinski definition) is 3. The van der Waals surface area contributed by atoms with Gasteiger partial charge in [-0.25, -0.2) is 9.88 Å². The van der Waals surface area contributed by atoms with Crippen LogP contribution in [0.5, 0.6) is 5.75 Å². The molecule has 25 heavy (non-hydrogen) atoms. The normalized spacial score (nSPS) is 10.5. The molecule has 0 aliphatic heterocycles. The fourth-order valence-electron chi connectivity index (χ4n) is 2.70. The van der Waals surface area contributed by atoms with Gasteiger partial charge in [0, 0.05) is 10.0 Å². The van der Waals surface area contributed by atoms with E-state index in [1.54, 1.807) is 18.4 Å². The molecule has 1 aromatic heterocycles. The van der Waals surface area contributed by atoms with Gasteiger partial charge in [0.2, 0.25) is 0 Å². The van der Waals surface area contributed by atoms with E-state index in [0.29, 0.717) is 0 Å². The van der Waals surface area contributed by atoms with Crippen LogP contribution in [0.15, 0.2) is 65.7 Å². The number of anilines is 2. The summed E-state index contributed by atoms with van der Waals surface area (Å²) in [6.07, 6.45) is 1.92. The minimum atomic E-state index is 0.741. The van der Waals surface area contributed by atoms with Crippen molar-refractivity contribution in [2.75, 3.05) is 12.4 Å². The maximum absolute atomic E-state index is 5.27. The molecule has 3 aromatic rings. The lowest BCUT2D eigenvalue weighted by atomic mass is 10.1. The maximum atomic E-state index is 5.27. The molecule has 1 N–H and O–H groups in total. The number of thiazole rings is 1. The quantitative estimate of drug-likeness (QED) is 0.411. The molecule has 0 saturated heterocycles. The number of allylic oxidation sites excluding steroid dienone is 1. The van der Waals surface area contributed by atoms with Crippen molar-refractivity contribution < 1.29 is 9.30 Å². The van der Waals surface area contributed by atoms with E-state index in [9.17, 15) is 0 Å². The van der Waals surface area contributed by atoms with Crippen LogP contribution < -0.4 is 14.6 Å². The highest BCUT2D eigenvalue weighted by Crippen LogP contribution is 2.31. The van der Waals surface area contributed by atoms with E-state index in [2.05, 4.69) is 63.6 Å². The molecule has 0 aliphatic carbocycles. The van der Waals surface area contributed by atoms with Crippen molar-refractivity contribution in [3.05, 3.63) is 70.5 Å². The summed E-state index contributed by atoms with van der Waals surface area (Å²) in [7, 11) is 1.68. The number of ether oxygens (including phenoxy) is 1. The third-order valence-electron chi connectivity index (χ3n) is 3.87. The average Bonchev–Trinajstić information content (AvgIpc) is 2.92. The number of halogens is 1. The summed E-state index contributed by atoms with van der Waals surface area (Å²) in [5, 5.41) is 4.61. The van der Waals surface area contributed by atoms with E-state index in [1.165, 1.54) is 16.1 Å². The molecule has 3 rings (SSSR count). The number of nitrogens with one attached hydrogen (secondary N) is 1.